The third kappa shape index (κ3) is 3.30. The van der Waals surface area contributed by atoms with E-state index in [1.54, 1.807) is 12.4 Å². The van der Waals surface area contributed by atoms with E-state index in [9.17, 15) is 4.79 Å². The third-order valence-electron chi connectivity index (χ3n) is 5.49. The lowest BCUT2D eigenvalue weighted by molar-refractivity contribution is 0.0387. The molecule has 1 fully saturated rings. The van der Waals surface area contributed by atoms with E-state index in [4.69, 9.17) is 9.15 Å². The third-order valence-corrected chi connectivity index (χ3v) is 5.49. The molecule has 0 unspecified atom stereocenters. The minimum absolute atomic E-state index is 0.0525. The van der Waals surface area contributed by atoms with Crippen LogP contribution in [0.15, 0.2) is 65.7 Å². The van der Waals surface area contributed by atoms with Crippen molar-refractivity contribution >= 4 is 17.0 Å². The van der Waals surface area contributed by atoms with E-state index in [1.807, 2.05) is 47.4 Å². The first kappa shape index (κ1) is 18.4. The smallest absolute Gasteiger partial charge is 0.256 e. The Kier molecular flexibility index (Phi) is 4.66. The summed E-state index contributed by atoms with van der Waals surface area (Å²) in [7, 11) is 0. The summed E-state index contributed by atoms with van der Waals surface area (Å²) in [5, 5.41) is 8.37. The summed E-state index contributed by atoms with van der Waals surface area (Å²) in [6, 6.07) is 13.1. The molecule has 0 aliphatic carbocycles. The standard InChI is InChI=1S/C22H21N5O3/c1-15-9-10-16(30-20-8-4-7-19-21(20)23-14-29-19)13-26(15)22(28)17-5-2-3-6-18(17)27-24-11-12-25-27/h2-8,11-12,14-16H,9-10,13H2,1H3/t15-,16-/m0/s1. The Balaban J connectivity index is 1.39. The molecule has 0 bridgehead atoms. The molecule has 1 amide bonds. The van der Waals surface area contributed by atoms with Crippen LogP contribution in [0, 0.1) is 0 Å². The van der Waals surface area contributed by atoms with E-state index in [2.05, 4.69) is 22.1 Å². The van der Waals surface area contributed by atoms with Crippen molar-refractivity contribution in [2.24, 2.45) is 0 Å². The summed E-state index contributed by atoms with van der Waals surface area (Å²) in [4.78, 5) is 21.1. The molecule has 8 nitrogen and oxygen atoms in total. The molecule has 2 atom stereocenters. The van der Waals surface area contributed by atoms with Crippen LogP contribution >= 0.6 is 0 Å². The highest BCUT2D eigenvalue weighted by molar-refractivity contribution is 5.98. The first-order valence-corrected chi connectivity index (χ1v) is 9.96. The fourth-order valence-corrected chi connectivity index (χ4v) is 3.91. The molecule has 152 valence electrons. The van der Waals surface area contributed by atoms with Crippen molar-refractivity contribution in [1.29, 1.82) is 0 Å². The van der Waals surface area contributed by atoms with Gasteiger partial charge in [0.05, 0.1) is 30.2 Å². The van der Waals surface area contributed by atoms with Crippen LogP contribution in [-0.4, -0.2) is 49.5 Å². The molecule has 1 aliphatic heterocycles. The largest absolute Gasteiger partial charge is 0.486 e. The van der Waals surface area contributed by atoms with Gasteiger partial charge in [-0.1, -0.05) is 18.2 Å². The summed E-state index contributed by atoms with van der Waals surface area (Å²) < 4.78 is 11.6. The molecule has 4 aromatic rings. The molecule has 1 saturated heterocycles. The number of amides is 1. The number of hydrogen-bond donors (Lipinski definition) is 0. The van der Waals surface area contributed by atoms with Crippen molar-refractivity contribution in [2.75, 3.05) is 6.54 Å². The number of para-hydroxylation sites is 2. The van der Waals surface area contributed by atoms with Gasteiger partial charge in [0.15, 0.2) is 17.5 Å². The molecule has 2 aromatic carbocycles. The molecule has 8 heteroatoms. The second kappa shape index (κ2) is 7.62. The molecule has 1 aliphatic rings. The maximum Gasteiger partial charge on any atom is 0.256 e. The zero-order valence-electron chi connectivity index (χ0n) is 16.5. The van der Waals surface area contributed by atoms with Crippen molar-refractivity contribution in [1.82, 2.24) is 24.9 Å². The van der Waals surface area contributed by atoms with Crippen LogP contribution in [-0.2, 0) is 0 Å². The lowest BCUT2D eigenvalue weighted by Crippen LogP contribution is -2.49. The zero-order chi connectivity index (χ0) is 20.5. The number of oxazole rings is 1. The lowest BCUT2D eigenvalue weighted by atomic mass is 9.99. The molecule has 3 heterocycles. The monoisotopic (exact) mass is 403 g/mol. The van der Waals surface area contributed by atoms with Gasteiger partial charge in [0.25, 0.3) is 5.91 Å². The van der Waals surface area contributed by atoms with Gasteiger partial charge in [-0.25, -0.2) is 4.98 Å². The van der Waals surface area contributed by atoms with Crippen LogP contribution in [0.25, 0.3) is 16.8 Å². The highest BCUT2D eigenvalue weighted by Gasteiger charge is 2.32. The second-order valence-corrected chi connectivity index (χ2v) is 7.41. The maximum absolute atomic E-state index is 13.5. The van der Waals surface area contributed by atoms with E-state index < -0.39 is 0 Å². The maximum atomic E-state index is 13.5. The van der Waals surface area contributed by atoms with E-state index >= 15 is 0 Å². The fraction of sp³-hybridized carbons (Fsp3) is 0.273. The molecular weight excluding hydrogens is 382 g/mol. The highest BCUT2D eigenvalue weighted by Crippen LogP contribution is 2.29. The number of carbonyl (C=O) groups excluding carboxylic acids is 1. The fourth-order valence-electron chi connectivity index (χ4n) is 3.91. The average molecular weight is 403 g/mol. The number of carbonyl (C=O) groups is 1. The second-order valence-electron chi connectivity index (χ2n) is 7.41. The van der Waals surface area contributed by atoms with Gasteiger partial charge in [0, 0.05) is 6.04 Å². The topological polar surface area (TPSA) is 86.3 Å². The van der Waals surface area contributed by atoms with Gasteiger partial charge in [-0.05, 0) is 44.0 Å². The van der Waals surface area contributed by atoms with E-state index in [0.717, 1.165) is 12.8 Å². The summed E-state index contributed by atoms with van der Waals surface area (Å²) in [5.74, 6) is 0.623. The van der Waals surface area contributed by atoms with Crippen molar-refractivity contribution < 1.29 is 13.9 Å². The van der Waals surface area contributed by atoms with Gasteiger partial charge in [-0.3, -0.25) is 4.79 Å². The molecule has 5 rings (SSSR count). The molecule has 0 saturated carbocycles. The molecule has 30 heavy (non-hydrogen) atoms. The Morgan fingerprint density at radius 1 is 1.10 bits per heavy atom. The summed E-state index contributed by atoms with van der Waals surface area (Å²) >= 11 is 0. The number of hydrogen-bond acceptors (Lipinski definition) is 6. The number of likely N-dealkylation sites (tertiary alicyclic amines) is 1. The number of ether oxygens (including phenoxy) is 1. The van der Waals surface area contributed by atoms with Crippen LogP contribution in [0.5, 0.6) is 5.75 Å². The van der Waals surface area contributed by atoms with Gasteiger partial charge in [0.2, 0.25) is 0 Å². The number of piperidine rings is 1. The highest BCUT2D eigenvalue weighted by atomic mass is 16.5. The van der Waals surface area contributed by atoms with Crippen LogP contribution in [0.4, 0.5) is 0 Å². The van der Waals surface area contributed by atoms with Gasteiger partial charge in [-0.15, -0.1) is 0 Å². The molecule has 0 N–H and O–H groups in total. The number of rotatable bonds is 4. The lowest BCUT2D eigenvalue weighted by Gasteiger charge is -2.38. The zero-order valence-corrected chi connectivity index (χ0v) is 16.5. The van der Waals surface area contributed by atoms with E-state index in [1.165, 1.54) is 11.2 Å². The van der Waals surface area contributed by atoms with Gasteiger partial charge in [-0.2, -0.15) is 15.0 Å². The normalized spacial score (nSPS) is 19.2. The Hall–Kier alpha value is -3.68. The number of benzene rings is 2. The summed E-state index contributed by atoms with van der Waals surface area (Å²) in [6.45, 7) is 2.57. The van der Waals surface area contributed by atoms with Crippen molar-refractivity contribution in [3.8, 4) is 11.4 Å². The molecular formula is C22H21N5O3. The van der Waals surface area contributed by atoms with Crippen LogP contribution < -0.4 is 4.74 Å². The first-order chi connectivity index (χ1) is 14.7. The number of nitrogens with zero attached hydrogens (tertiary/aromatic N) is 5. The predicted molar refractivity (Wildman–Crippen MR) is 110 cm³/mol. The predicted octanol–water partition coefficient (Wildman–Crippen LogP) is 3.48. The van der Waals surface area contributed by atoms with Crippen molar-refractivity contribution in [2.45, 2.75) is 31.9 Å². The van der Waals surface area contributed by atoms with Crippen LogP contribution in [0.2, 0.25) is 0 Å². The minimum atomic E-state index is -0.123. The summed E-state index contributed by atoms with van der Waals surface area (Å²) in [5.41, 5.74) is 2.62. The summed E-state index contributed by atoms with van der Waals surface area (Å²) in [6.07, 6.45) is 6.20. The van der Waals surface area contributed by atoms with Crippen LogP contribution in [0.3, 0.4) is 0 Å². The molecule has 0 spiro atoms. The SMILES string of the molecule is C[C@H]1CC[C@H](Oc2cccc3ocnc23)CN1C(=O)c1ccccc1-n1nccn1. The van der Waals surface area contributed by atoms with E-state index in [-0.39, 0.29) is 18.1 Å². The number of aromatic nitrogens is 4. The van der Waals surface area contributed by atoms with Gasteiger partial charge < -0.3 is 14.1 Å². The van der Waals surface area contributed by atoms with Crippen LogP contribution in [0.1, 0.15) is 30.1 Å². The van der Waals surface area contributed by atoms with Gasteiger partial charge >= 0.3 is 0 Å². The van der Waals surface area contributed by atoms with Crippen molar-refractivity contribution in [3.05, 3.63) is 66.8 Å². The average Bonchev–Trinajstić information content (AvgIpc) is 3.47. The number of fused-ring (bicyclic) bond motifs is 1. The molecule has 2 aromatic heterocycles. The Morgan fingerprint density at radius 3 is 2.80 bits per heavy atom. The first-order valence-electron chi connectivity index (χ1n) is 9.96. The molecule has 0 radical (unpaired) electrons. The van der Waals surface area contributed by atoms with Gasteiger partial charge in [0.1, 0.15) is 11.9 Å². The Labute approximate surface area is 173 Å². The minimum Gasteiger partial charge on any atom is -0.486 e. The van der Waals surface area contributed by atoms with Crippen molar-refractivity contribution in [3.63, 3.8) is 0 Å². The van der Waals surface area contributed by atoms with E-state index in [0.29, 0.717) is 34.6 Å². The quantitative estimate of drug-likeness (QED) is 0.519. The Bertz CT molecular complexity index is 1170. The Morgan fingerprint density at radius 2 is 1.93 bits per heavy atom.